The molecule has 1 fully saturated rings. The average Bonchev–Trinajstić information content (AvgIpc) is 3.25. The van der Waals surface area contributed by atoms with Gasteiger partial charge in [-0.3, -0.25) is 0 Å². The third-order valence-corrected chi connectivity index (χ3v) is 3.19. The summed E-state index contributed by atoms with van der Waals surface area (Å²) >= 11 is 0. The van der Waals surface area contributed by atoms with Crippen LogP contribution >= 0.6 is 0 Å². The average molecular weight is 348 g/mol. The number of hydrogen-bond acceptors (Lipinski definition) is 4. The summed E-state index contributed by atoms with van der Waals surface area (Å²) in [6.07, 6.45) is -3.23. The van der Waals surface area contributed by atoms with E-state index in [-0.39, 0.29) is 12.0 Å². The van der Waals surface area contributed by atoms with E-state index in [1.54, 1.807) is 0 Å². The van der Waals surface area contributed by atoms with Gasteiger partial charge in [-0.2, -0.15) is 18.2 Å². The molecule has 2 N–H and O–H groups in total. The number of nitrogens with zero attached hydrogens (tertiary/aromatic N) is 2. The van der Waals surface area contributed by atoms with E-state index in [4.69, 9.17) is 0 Å². The smallest absolute Gasteiger partial charge is 0.351 e. The number of rotatable bonds is 4. The highest BCUT2D eigenvalue weighted by Crippen LogP contribution is 2.32. The first-order valence-electron chi connectivity index (χ1n) is 6.87. The van der Waals surface area contributed by atoms with Gasteiger partial charge in [-0.05, 0) is 12.8 Å². The summed E-state index contributed by atoms with van der Waals surface area (Å²) in [5.74, 6) is -4.51. The third kappa shape index (κ3) is 3.69. The molecule has 0 amide bonds. The number of alkyl halides is 3. The second-order valence-electron chi connectivity index (χ2n) is 5.25. The maximum absolute atomic E-state index is 13.6. The van der Waals surface area contributed by atoms with Crippen molar-refractivity contribution < 1.29 is 26.3 Å². The molecule has 0 radical (unpaired) electrons. The Morgan fingerprint density at radius 2 is 1.58 bits per heavy atom. The lowest BCUT2D eigenvalue weighted by molar-refractivity contribution is -0.141. The molecule has 10 heteroatoms. The molecule has 1 heterocycles. The third-order valence-electron chi connectivity index (χ3n) is 3.19. The summed E-state index contributed by atoms with van der Waals surface area (Å²) in [7, 11) is 0. The van der Waals surface area contributed by atoms with E-state index >= 15 is 0 Å². The number of hydrogen-bond donors (Lipinski definition) is 2. The summed E-state index contributed by atoms with van der Waals surface area (Å²) in [4.78, 5) is 7.12. The molecule has 1 aromatic heterocycles. The van der Waals surface area contributed by atoms with Crippen LogP contribution < -0.4 is 10.6 Å². The maximum Gasteiger partial charge on any atom is 0.433 e. The predicted octanol–water partition coefficient (Wildman–Crippen LogP) is 4.23. The van der Waals surface area contributed by atoms with Crippen molar-refractivity contribution in [1.29, 1.82) is 0 Å². The molecule has 1 saturated carbocycles. The van der Waals surface area contributed by atoms with Crippen molar-refractivity contribution >= 4 is 17.5 Å². The van der Waals surface area contributed by atoms with Crippen LogP contribution in [0.5, 0.6) is 0 Å². The summed E-state index contributed by atoms with van der Waals surface area (Å²) in [6.45, 7) is 0. The lowest BCUT2D eigenvalue weighted by Gasteiger charge is -2.13. The maximum atomic E-state index is 13.6. The van der Waals surface area contributed by atoms with Crippen molar-refractivity contribution in [2.75, 3.05) is 10.6 Å². The van der Waals surface area contributed by atoms with Crippen molar-refractivity contribution in [2.24, 2.45) is 0 Å². The van der Waals surface area contributed by atoms with Crippen LogP contribution in [-0.2, 0) is 6.18 Å². The van der Waals surface area contributed by atoms with Gasteiger partial charge in [-0.25, -0.2) is 18.2 Å². The van der Waals surface area contributed by atoms with Crippen LogP contribution in [0.3, 0.4) is 0 Å². The van der Waals surface area contributed by atoms with Crippen molar-refractivity contribution in [3.63, 3.8) is 0 Å². The first-order chi connectivity index (χ1) is 11.2. The van der Waals surface area contributed by atoms with Crippen LogP contribution in [0.25, 0.3) is 0 Å². The molecule has 0 spiro atoms. The monoisotopic (exact) mass is 348 g/mol. The van der Waals surface area contributed by atoms with E-state index in [0.717, 1.165) is 12.8 Å². The molecule has 4 nitrogen and oxygen atoms in total. The summed E-state index contributed by atoms with van der Waals surface area (Å²) in [6, 6.07) is 1.29. The quantitative estimate of drug-likeness (QED) is 0.812. The highest BCUT2D eigenvalue weighted by atomic mass is 19.4. The van der Waals surface area contributed by atoms with Crippen LogP contribution in [0.4, 0.5) is 43.8 Å². The molecule has 3 rings (SSSR count). The molecule has 0 saturated heterocycles. The van der Waals surface area contributed by atoms with Crippen molar-refractivity contribution in [3.8, 4) is 0 Å². The molecule has 128 valence electrons. The molecular formula is C14H10F6N4. The van der Waals surface area contributed by atoms with Gasteiger partial charge in [-0.15, -0.1) is 0 Å². The molecular weight excluding hydrogens is 338 g/mol. The van der Waals surface area contributed by atoms with Gasteiger partial charge in [0.15, 0.2) is 17.3 Å². The van der Waals surface area contributed by atoms with Gasteiger partial charge in [0, 0.05) is 24.2 Å². The number of anilines is 3. The standard InChI is InChI=1S/C14H10F6N4/c15-6-3-8(16)12(9(17)4-6)23-11-5-10(14(18,19)20)22-13(24-11)21-7-1-2-7/h3-5,7H,1-2H2,(H2,21,22,23,24). The van der Waals surface area contributed by atoms with Gasteiger partial charge in [0.1, 0.15) is 17.3 Å². The van der Waals surface area contributed by atoms with Crippen LogP contribution in [0.1, 0.15) is 18.5 Å². The molecule has 24 heavy (non-hydrogen) atoms. The van der Waals surface area contributed by atoms with Crippen LogP contribution in [-0.4, -0.2) is 16.0 Å². The Morgan fingerprint density at radius 3 is 2.12 bits per heavy atom. The van der Waals surface area contributed by atoms with Gasteiger partial charge in [0.25, 0.3) is 0 Å². The van der Waals surface area contributed by atoms with Gasteiger partial charge in [-0.1, -0.05) is 0 Å². The Labute approximate surface area is 131 Å². The second kappa shape index (κ2) is 5.84. The minimum Gasteiger partial charge on any atom is -0.351 e. The largest absolute Gasteiger partial charge is 0.433 e. The van der Waals surface area contributed by atoms with Crippen LogP contribution in [0.15, 0.2) is 18.2 Å². The van der Waals surface area contributed by atoms with Gasteiger partial charge >= 0.3 is 6.18 Å². The summed E-state index contributed by atoms with van der Waals surface area (Å²) < 4.78 is 78.9. The normalized spacial score (nSPS) is 14.6. The van der Waals surface area contributed by atoms with E-state index in [1.807, 2.05) is 0 Å². The topological polar surface area (TPSA) is 49.8 Å². The van der Waals surface area contributed by atoms with E-state index in [1.165, 1.54) is 0 Å². The van der Waals surface area contributed by atoms with Gasteiger partial charge in [0.2, 0.25) is 5.95 Å². The number of benzene rings is 1. The van der Waals surface area contributed by atoms with Crippen molar-refractivity contribution in [1.82, 2.24) is 9.97 Å². The molecule has 2 aromatic rings. The van der Waals surface area contributed by atoms with Crippen LogP contribution in [0, 0.1) is 17.5 Å². The minimum atomic E-state index is -4.76. The Morgan fingerprint density at radius 1 is 0.958 bits per heavy atom. The zero-order chi connectivity index (χ0) is 17.5. The molecule has 0 atom stereocenters. The number of halogens is 6. The summed E-state index contributed by atoms with van der Waals surface area (Å²) in [5, 5.41) is 4.79. The van der Waals surface area contributed by atoms with Gasteiger partial charge in [0.05, 0.1) is 0 Å². The summed E-state index contributed by atoms with van der Waals surface area (Å²) in [5.41, 5.74) is -2.08. The van der Waals surface area contributed by atoms with Crippen LogP contribution in [0.2, 0.25) is 0 Å². The predicted molar refractivity (Wildman–Crippen MR) is 73.3 cm³/mol. The SMILES string of the molecule is Fc1cc(F)c(Nc2cc(C(F)(F)F)nc(NC3CC3)n2)c(F)c1. The van der Waals surface area contributed by atoms with Crippen molar-refractivity contribution in [2.45, 2.75) is 25.1 Å². The van der Waals surface area contributed by atoms with E-state index < -0.39 is 40.8 Å². The molecule has 0 aliphatic heterocycles. The highest BCUT2D eigenvalue weighted by Gasteiger charge is 2.34. The molecule has 1 aliphatic carbocycles. The Kier molecular flexibility index (Phi) is 3.98. The molecule has 0 bridgehead atoms. The molecule has 0 unspecified atom stereocenters. The minimum absolute atomic E-state index is 0.0272. The zero-order valence-electron chi connectivity index (χ0n) is 11.9. The Balaban J connectivity index is 1.97. The number of aromatic nitrogens is 2. The Bertz CT molecular complexity index is 749. The Hall–Kier alpha value is -2.52. The fourth-order valence-corrected chi connectivity index (χ4v) is 1.92. The molecule has 1 aromatic carbocycles. The lowest BCUT2D eigenvalue weighted by atomic mass is 10.2. The second-order valence-corrected chi connectivity index (χ2v) is 5.25. The fourth-order valence-electron chi connectivity index (χ4n) is 1.92. The van der Waals surface area contributed by atoms with Crippen molar-refractivity contribution in [3.05, 3.63) is 41.3 Å². The van der Waals surface area contributed by atoms with E-state index in [0.29, 0.717) is 18.2 Å². The molecule has 1 aliphatic rings. The first kappa shape index (κ1) is 16.3. The lowest BCUT2D eigenvalue weighted by Crippen LogP contribution is -2.14. The zero-order valence-corrected chi connectivity index (χ0v) is 11.9. The highest BCUT2D eigenvalue weighted by molar-refractivity contribution is 5.59. The number of nitrogens with one attached hydrogen (secondary N) is 2. The van der Waals surface area contributed by atoms with E-state index in [9.17, 15) is 26.3 Å². The van der Waals surface area contributed by atoms with Gasteiger partial charge < -0.3 is 10.6 Å². The van der Waals surface area contributed by atoms with E-state index in [2.05, 4.69) is 20.6 Å². The first-order valence-corrected chi connectivity index (χ1v) is 6.87. The fraction of sp³-hybridized carbons (Fsp3) is 0.286.